The highest BCUT2D eigenvalue weighted by Gasteiger charge is 2.44. The van der Waals surface area contributed by atoms with Crippen LogP contribution in [0.2, 0.25) is 0 Å². The van der Waals surface area contributed by atoms with Crippen LogP contribution in [0.5, 0.6) is 0 Å². The molecule has 10 nitrogen and oxygen atoms in total. The highest BCUT2D eigenvalue weighted by molar-refractivity contribution is 6.10. The van der Waals surface area contributed by atoms with Crippen molar-refractivity contribution in [2.75, 3.05) is 25.6 Å². The highest BCUT2D eigenvalue weighted by atomic mass is 19.4. The van der Waals surface area contributed by atoms with Gasteiger partial charge in [0.2, 0.25) is 11.9 Å². The Labute approximate surface area is 235 Å². The van der Waals surface area contributed by atoms with Gasteiger partial charge in [-0.25, -0.2) is 9.59 Å². The number of anilines is 1. The summed E-state index contributed by atoms with van der Waals surface area (Å²) in [5, 5.41) is 18.2. The van der Waals surface area contributed by atoms with Crippen molar-refractivity contribution in [3.63, 3.8) is 0 Å². The fourth-order valence-electron chi connectivity index (χ4n) is 4.26. The maximum absolute atomic E-state index is 13.5. The number of carbonyl (C=O) groups excluding carboxylic acids is 3. The van der Waals surface area contributed by atoms with E-state index in [0.29, 0.717) is 18.5 Å². The molecule has 0 fully saturated rings. The van der Waals surface area contributed by atoms with Gasteiger partial charge < -0.3 is 15.4 Å². The predicted octanol–water partition coefficient (Wildman–Crippen LogP) is 4.48. The summed E-state index contributed by atoms with van der Waals surface area (Å²) >= 11 is 0. The van der Waals surface area contributed by atoms with Gasteiger partial charge in [-0.1, -0.05) is 24.8 Å². The predicted molar refractivity (Wildman–Crippen MR) is 146 cm³/mol. The van der Waals surface area contributed by atoms with Crippen LogP contribution in [0.15, 0.2) is 71.5 Å². The number of nitriles is 1. The summed E-state index contributed by atoms with van der Waals surface area (Å²) in [7, 11) is 2.69. The van der Waals surface area contributed by atoms with Crippen molar-refractivity contribution in [1.82, 2.24) is 9.80 Å². The maximum atomic E-state index is 13.5. The number of alkyl halides is 3. The molecule has 1 aliphatic rings. The topological polar surface area (TPSA) is 144 Å². The Morgan fingerprint density at radius 2 is 1.95 bits per heavy atom. The fraction of sp³-hybridized carbons (Fsp3) is 0.321. The third-order valence-electron chi connectivity index (χ3n) is 6.44. The van der Waals surface area contributed by atoms with E-state index in [2.05, 4.69) is 6.58 Å². The zero-order valence-corrected chi connectivity index (χ0v) is 23.1. The molecule has 0 unspecified atom stereocenters. The maximum Gasteiger partial charge on any atom is 0.416 e. The number of carbonyl (C=O) groups is 3. The summed E-state index contributed by atoms with van der Waals surface area (Å²) in [6.07, 6.45) is 0.0168. The van der Waals surface area contributed by atoms with E-state index in [1.807, 2.05) is 6.07 Å². The molecule has 0 aliphatic carbocycles. The fourth-order valence-corrected chi connectivity index (χ4v) is 4.26. The standard InChI is InChI=1S/C28H31F3N6O4/c1-6-19(16-32)12-13-20(9-8-14-35(4)18(3)38)24-23(25(39)41-5)17(2)36(26(33)37(24)27(34)40)22-11-7-10-21(15-22)28(29,30)31/h6-7,10-13,15,24,33H,1,8-9,14H2,2-5H3,(H2,34,40)/b19-12+,20-13+,33-26?/t24-/m1/s1. The van der Waals surface area contributed by atoms with E-state index in [9.17, 15) is 32.8 Å². The van der Waals surface area contributed by atoms with Crippen molar-refractivity contribution in [2.24, 2.45) is 5.73 Å². The normalized spacial score (nSPS) is 16.3. The molecule has 218 valence electrons. The third-order valence-corrected chi connectivity index (χ3v) is 6.44. The molecule has 3 N–H and O–H groups in total. The van der Waals surface area contributed by atoms with Crippen LogP contribution < -0.4 is 10.6 Å². The van der Waals surface area contributed by atoms with E-state index in [0.717, 1.165) is 35.1 Å². The van der Waals surface area contributed by atoms with E-state index in [-0.39, 0.29) is 34.9 Å². The van der Waals surface area contributed by atoms with Crippen LogP contribution in [0.4, 0.5) is 23.7 Å². The molecule has 0 saturated carbocycles. The second-order valence-electron chi connectivity index (χ2n) is 9.03. The molecule has 0 radical (unpaired) electrons. The average Bonchev–Trinajstić information content (AvgIpc) is 2.91. The zero-order valence-electron chi connectivity index (χ0n) is 23.1. The van der Waals surface area contributed by atoms with Gasteiger partial charge in [-0.3, -0.25) is 20.0 Å². The number of nitrogens with zero attached hydrogens (tertiary/aromatic N) is 4. The number of hydrogen-bond donors (Lipinski definition) is 2. The molecule has 1 aromatic carbocycles. The number of urea groups is 1. The Morgan fingerprint density at radius 1 is 1.29 bits per heavy atom. The number of rotatable bonds is 9. The van der Waals surface area contributed by atoms with Gasteiger partial charge in [-0.05, 0) is 49.6 Å². The Balaban J connectivity index is 2.84. The Hall–Kier alpha value is -4.86. The van der Waals surface area contributed by atoms with Crippen LogP contribution in [0.25, 0.3) is 0 Å². The molecule has 13 heteroatoms. The minimum Gasteiger partial charge on any atom is -0.466 e. The number of primary amides is 1. The van der Waals surface area contributed by atoms with Crippen LogP contribution >= 0.6 is 0 Å². The molecule has 1 heterocycles. The number of methoxy groups -OCH3 is 1. The Morgan fingerprint density at radius 3 is 2.46 bits per heavy atom. The van der Waals surface area contributed by atoms with Crippen molar-refractivity contribution in [2.45, 2.75) is 38.9 Å². The molecule has 41 heavy (non-hydrogen) atoms. The zero-order chi connectivity index (χ0) is 31.1. The monoisotopic (exact) mass is 572 g/mol. The minimum absolute atomic E-state index is 0.0311. The number of esters is 1. The molecule has 2 rings (SSSR count). The van der Waals surface area contributed by atoms with E-state index in [1.54, 1.807) is 7.05 Å². The smallest absolute Gasteiger partial charge is 0.416 e. The van der Waals surface area contributed by atoms with Gasteiger partial charge in [0.25, 0.3) is 0 Å². The number of halogens is 3. The van der Waals surface area contributed by atoms with Crippen LogP contribution in [0.3, 0.4) is 0 Å². The summed E-state index contributed by atoms with van der Waals surface area (Å²) in [5.74, 6) is -1.70. The van der Waals surface area contributed by atoms with Gasteiger partial charge in [0.1, 0.15) is 0 Å². The molecule has 0 bridgehead atoms. The van der Waals surface area contributed by atoms with Crippen molar-refractivity contribution in [3.05, 3.63) is 77.1 Å². The molecule has 1 aromatic rings. The summed E-state index contributed by atoms with van der Waals surface area (Å²) in [5.41, 5.74) is 4.94. The summed E-state index contributed by atoms with van der Waals surface area (Å²) in [4.78, 5) is 41.0. The van der Waals surface area contributed by atoms with Gasteiger partial charge in [0.05, 0.1) is 35.9 Å². The molecule has 1 atom stereocenters. The molecule has 3 amide bonds. The first kappa shape index (κ1) is 32.4. The number of hydrogen-bond acceptors (Lipinski definition) is 6. The van der Waals surface area contributed by atoms with Crippen LogP contribution in [-0.2, 0) is 20.5 Å². The number of benzene rings is 1. The average molecular weight is 573 g/mol. The lowest BCUT2D eigenvalue weighted by Gasteiger charge is -2.43. The number of nitrogens with one attached hydrogen (secondary N) is 1. The number of allylic oxidation sites excluding steroid dienone is 5. The number of guanidine groups is 1. The lowest BCUT2D eigenvalue weighted by molar-refractivity contribution is -0.138. The van der Waals surface area contributed by atoms with Gasteiger partial charge in [0, 0.05) is 31.9 Å². The highest BCUT2D eigenvalue weighted by Crippen LogP contribution is 2.38. The van der Waals surface area contributed by atoms with Crippen molar-refractivity contribution in [1.29, 1.82) is 10.7 Å². The molecule has 0 saturated heterocycles. The van der Waals surface area contributed by atoms with Crippen LogP contribution in [0, 0.1) is 16.7 Å². The van der Waals surface area contributed by atoms with Gasteiger partial charge >= 0.3 is 18.2 Å². The van der Waals surface area contributed by atoms with E-state index in [1.165, 1.54) is 43.0 Å². The van der Waals surface area contributed by atoms with E-state index >= 15 is 0 Å². The second-order valence-corrected chi connectivity index (χ2v) is 9.03. The largest absolute Gasteiger partial charge is 0.466 e. The third kappa shape index (κ3) is 7.42. The molecule has 1 aliphatic heterocycles. The van der Waals surface area contributed by atoms with Crippen molar-refractivity contribution < 1.29 is 32.3 Å². The molecule has 0 aromatic heterocycles. The first-order valence-corrected chi connectivity index (χ1v) is 12.3. The van der Waals surface area contributed by atoms with E-state index < -0.39 is 35.7 Å². The Bertz CT molecular complexity index is 1370. The number of nitrogens with two attached hydrogens (primary N) is 1. The first-order valence-electron chi connectivity index (χ1n) is 12.3. The van der Waals surface area contributed by atoms with Gasteiger partial charge in [-0.2, -0.15) is 18.4 Å². The van der Waals surface area contributed by atoms with Gasteiger partial charge in [-0.15, -0.1) is 0 Å². The number of ether oxygens (including phenoxy) is 1. The lowest BCUT2D eigenvalue weighted by atomic mass is 9.89. The van der Waals surface area contributed by atoms with Crippen LogP contribution in [0.1, 0.15) is 32.3 Å². The quantitative estimate of drug-likeness (QED) is 0.254. The first-order chi connectivity index (χ1) is 19.2. The number of amides is 3. The van der Waals surface area contributed by atoms with Crippen molar-refractivity contribution in [3.8, 4) is 6.07 Å². The lowest BCUT2D eigenvalue weighted by Crippen LogP contribution is -2.59. The minimum atomic E-state index is -4.69. The summed E-state index contributed by atoms with van der Waals surface area (Å²) < 4.78 is 45.4. The summed E-state index contributed by atoms with van der Waals surface area (Å²) in [6, 6.07) is 3.53. The molecular weight excluding hydrogens is 541 g/mol. The SMILES string of the molecule is C=C/C(C#N)=C\C=C(/CCCN(C)C(C)=O)[C@@H]1C(C(=O)OC)=C(C)N(c2cccc(C(F)(F)F)c2)C(=N)N1C(N)=O. The van der Waals surface area contributed by atoms with Gasteiger partial charge in [0.15, 0.2) is 0 Å². The Kier molecular flexibility index (Phi) is 10.6. The van der Waals surface area contributed by atoms with E-state index in [4.69, 9.17) is 15.9 Å². The van der Waals surface area contributed by atoms with Crippen LogP contribution in [-0.4, -0.2) is 60.4 Å². The van der Waals surface area contributed by atoms with Crippen molar-refractivity contribution >= 4 is 29.6 Å². The molecule has 0 spiro atoms. The molecular formula is C28H31F3N6O4. The second kappa shape index (κ2) is 13.5. The summed E-state index contributed by atoms with van der Waals surface area (Å²) in [6.45, 7) is 6.67.